The lowest BCUT2D eigenvalue weighted by Gasteiger charge is -2.05. The van der Waals surface area contributed by atoms with Crippen LogP contribution in [0.2, 0.25) is 0 Å². The fourth-order valence-electron chi connectivity index (χ4n) is 1.11. The number of rotatable bonds is 3. The van der Waals surface area contributed by atoms with Crippen LogP contribution < -0.4 is 0 Å². The van der Waals surface area contributed by atoms with E-state index in [1.807, 2.05) is 0 Å². The molecule has 0 spiro atoms. The van der Waals surface area contributed by atoms with Crippen molar-refractivity contribution in [2.75, 3.05) is 0 Å². The number of phenols is 1. The van der Waals surface area contributed by atoms with Crippen LogP contribution in [0.25, 0.3) is 0 Å². The van der Waals surface area contributed by atoms with Crippen molar-refractivity contribution in [3.05, 3.63) is 28.8 Å². The highest BCUT2D eigenvalue weighted by Crippen LogP contribution is 2.23. The molecular formula is C9H8MgO7. The van der Waals surface area contributed by atoms with E-state index < -0.39 is 40.3 Å². The van der Waals surface area contributed by atoms with Crippen LogP contribution in [0.15, 0.2) is 12.1 Å². The number of benzene rings is 1. The zero-order chi connectivity index (χ0) is 12.5. The lowest BCUT2D eigenvalue weighted by atomic mass is 10.0. The van der Waals surface area contributed by atoms with E-state index in [1.54, 1.807) is 0 Å². The summed E-state index contributed by atoms with van der Waals surface area (Å²) >= 11 is 0. The van der Waals surface area contributed by atoms with Crippen LogP contribution in [-0.2, 0) is 0 Å². The third-order valence-electron chi connectivity index (χ3n) is 1.83. The molecule has 0 bridgehead atoms. The van der Waals surface area contributed by atoms with E-state index in [1.165, 1.54) is 0 Å². The number of aromatic hydroxyl groups is 1. The largest absolute Gasteiger partial charge is 0.507 e. The van der Waals surface area contributed by atoms with Gasteiger partial charge in [-0.2, -0.15) is 0 Å². The zero-order valence-corrected chi connectivity index (χ0v) is 7.67. The van der Waals surface area contributed by atoms with E-state index in [4.69, 9.17) is 15.3 Å². The number of carbonyl (C=O) groups is 3. The number of aromatic carboxylic acids is 3. The van der Waals surface area contributed by atoms with Crippen LogP contribution in [0.1, 0.15) is 31.1 Å². The topological polar surface area (TPSA) is 132 Å². The number of carboxylic acid groups (broad SMARTS) is 3. The van der Waals surface area contributed by atoms with Crippen molar-refractivity contribution in [1.29, 1.82) is 0 Å². The average molecular weight is 252 g/mol. The molecule has 1 aromatic carbocycles. The molecule has 17 heavy (non-hydrogen) atoms. The molecule has 8 heteroatoms. The summed E-state index contributed by atoms with van der Waals surface area (Å²) in [6.45, 7) is 0. The lowest BCUT2D eigenvalue weighted by molar-refractivity contribution is 0.0648. The predicted molar refractivity (Wildman–Crippen MR) is 57.5 cm³/mol. The van der Waals surface area contributed by atoms with Crippen LogP contribution in [0.3, 0.4) is 0 Å². The van der Waals surface area contributed by atoms with Gasteiger partial charge in [0.2, 0.25) is 0 Å². The molecule has 0 amide bonds. The second kappa shape index (κ2) is 5.50. The first kappa shape index (κ1) is 15.2. The Morgan fingerprint density at radius 3 is 1.47 bits per heavy atom. The Bertz CT molecular complexity index is 494. The Hall–Kier alpha value is -1.80. The molecule has 0 heterocycles. The van der Waals surface area contributed by atoms with Gasteiger partial charge in [0.1, 0.15) is 11.3 Å². The molecule has 0 unspecified atom stereocenters. The summed E-state index contributed by atoms with van der Waals surface area (Å²) in [5.74, 6) is -5.49. The van der Waals surface area contributed by atoms with Crippen molar-refractivity contribution in [3.63, 3.8) is 0 Å². The molecule has 0 aromatic heterocycles. The van der Waals surface area contributed by atoms with Crippen molar-refractivity contribution in [2.45, 2.75) is 0 Å². The lowest BCUT2D eigenvalue weighted by Crippen LogP contribution is -2.10. The van der Waals surface area contributed by atoms with Gasteiger partial charge in [-0.05, 0) is 12.1 Å². The maximum Gasteiger partial charge on any atom is 0.339 e. The minimum Gasteiger partial charge on any atom is -0.507 e. The molecule has 0 aliphatic rings. The maximum absolute atomic E-state index is 10.7. The van der Waals surface area contributed by atoms with Gasteiger partial charge in [-0.1, -0.05) is 0 Å². The molecule has 0 aliphatic heterocycles. The van der Waals surface area contributed by atoms with Gasteiger partial charge in [-0.25, -0.2) is 14.4 Å². The van der Waals surface area contributed by atoms with Crippen LogP contribution in [0.4, 0.5) is 0 Å². The molecule has 7 nitrogen and oxygen atoms in total. The quantitative estimate of drug-likeness (QED) is 0.537. The van der Waals surface area contributed by atoms with E-state index in [-0.39, 0.29) is 23.1 Å². The third kappa shape index (κ3) is 3.08. The minimum absolute atomic E-state index is 0. The number of hydrogen-bond acceptors (Lipinski definition) is 4. The highest BCUT2D eigenvalue weighted by atomic mass is 24.3. The Labute approximate surface area is 110 Å². The van der Waals surface area contributed by atoms with Crippen molar-refractivity contribution < 1.29 is 34.8 Å². The molecule has 1 aromatic rings. The monoisotopic (exact) mass is 252 g/mol. The molecule has 0 saturated heterocycles. The second-order valence-electron chi connectivity index (χ2n) is 2.83. The fourth-order valence-corrected chi connectivity index (χ4v) is 1.11. The van der Waals surface area contributed by atoms with Gasteiger partial charge in [-0.15, -0.1) is 0 Å². The average Bonchev–Trinajstić information content (AvgIpc) is 2.15. The van der Waals surface area contributed by atoms with E-state index in [0.717, 1.165) is 0 Å². The first-order valence-corrected chi connectivity index (χ1v) is 3.91. The van der Waals surface area contributed by atoms with Gasteiger partial charge in [0.25, 0.3) is 0 Å². The smallest absolute Gasteiger partial charge is 0.339 e. The Kier molecular flexibility index (Phi) is 4.92. The molecule has 0 atom stereocenters. The molecule has 1 rings (SSSR count). The molecule has 0 fully saturated rings. The van der Waals surface area contributed by atoms with E-state index in [9.17, 15) is 19.5 Å². The van der Waals surface area contributed by atoms with E-state index in [2.05, 4.69) is 0 Å². The van der Waals surface area contributed by atoms with Crippen LogP contribution in [0.5, 0.6) is 5.75 Å². The molecule has 0 aliphatic carbocycles. The predicted octanol–water partition coefficient (Wildman–Crippen LogP) is -0.429. The summed E-state index contributed by atoms with van der Waals surface area (Å²) in [4.78, 5) is 31.9. The molecule has 0 saturated carbocycles. The summed E-state index contributed by atoms with van der Waals surface area (Å²) in [5, 5.41) is 35.1. The summed E-state index contributed by atoms with van der Waals surface area (Å²) in [7, 11) is 0. The molecule has 4 N–H and O–H groups in total. The SMILES string of the molecule is O=C(O)c1cc(C(=O)O)c(C(=O)O)cc1O.[MgH2]. The Balaban J connectivity index is 0.00000256. The Morgan fingerprint density at radius 2 is 1.12 bits per heavy atom. The second-order valence-corrected chi connectivity index (χ2v) is 2.83. The van der Waals surface area contributed by atoms with Gasteiger partial charge >= 0.3 is 41.0 Å². The van der Waals surface area contributed by atoms with Crippen LogP contribution in [0, 0.1) is 0 Å². The van der Waals surface area contributed by atoms with Crippen molar-refractivity contribution in [3.8, 4) is 5.75 Å². The molecule has 0 radical (unpaired) electrons. The standard InChI is InChI=1S/C9H6O7.Mg.2H/c10-6-2-4(8(13)14)3(7(11)12)1-5(6)9(15)16;;;/h1-2,10H,(H,11,12)(H,13,14)(H,15,16);;;. The van der Waals surface area contributed by atoms with E-state index in [0.29, 0.717) is 12.1 Å². The first-order chi connectivity index (χ1) is 7.34. The first-order valence-electron chi connectivity index (χ1n) is 3.91. The van der Waals surface area contributed by atoms with Crippen molar-refractivity contribution in [1.82, 2.24) is 0 Å². The summed E-state index contributed by atoms with van der Waals surface area (Å²) in [6.07, 6.45) is 0. The van der Waals surface area contributed by atoms with Gasteiger partial charge in [-0.3, -0.25) is 0 Å². The highest BCUT2D eigenvalue weighted by molar-refractivity contribution is 6.04. The molecular weight excluding hydrogens is 244 g/mol. The van der Waals surface area contributed by atoms with Crippen molar-refractivity contribution in [2.24, 2.45) is 0 Å². The normalized spacial score (nSPS) is 9.18. The van der Waals surface area contributed by atoms with Gasteiger partial charge in [0.05, 0.1) is 11.1 Å². The van der Waals surface area contributed by atoms with Gasteiger partial charge in [0.15, 0.2) is 0 Å². The van der Waals surface area contributed by atoms with Crippen LogP contribution in [-0.4, -0.2) is 61.4 Å². The minimum atomic E-state index is -1.58. The fraction of sp³-hybridized carbons (Fsp3) is 0. The number of carboxylic acids is 3. The van der Waals surface area contributed by atoms with Gasteiger partial charge in [0, 0.05) is 0 Å². The maximum atomic E-state index is 10.7. The summed E-state index contributed by atoms with van der Waals surface area (Å²) in [6, 6.07) is 1.19. The number of hydrogen-bond donors (Lipinski definition) is 4. The highest BCUT2D eigenvalue weighted by Gasteiger charge is 2.21. The molecule has 88 valence electrons. The van der Waals surface area contributed by atoms with Crippen molar-refractivity contribution >= 4 is 41.0 Å². The van der Waals surface area contributed by atoms with E-state index >= 15 is 0 Å². The Morgan fingerprint density at radius 1 is 0.765 bits per heavy atom. The third-order valence-corrected chi connectivity index (χ3v) is 1.83. The summed E-state index contributed by atoms with van der Waals surface area (Å²) in [5.41, 5.74) is -2.03. The van der Waals surface area contributed by atoms with Gasteiger partial charge < -0.3 is 20.4 Å². The zero-order valence-electron chi connectivity index (χ0n) is 7.67. The summed E-state index contributed by atoms with van der Waals surface area (Å²) < 4.78 is 0. The van der Waals surface area contributed by atoms with Crippen LogP contribution >= 0.6 is 0 Å².